The van der Waals surface area contributed by atoms with E-state index in [0.29, 0.717) is 0 Å². The molecule has 0 aromatic rings. The molecule has 1 N–H and O–H groups in total. The molecule has 0 saturated heterocycles. The summed E-state index contributed by atoms with van der Waals surface area (Å²) in [5, 5.41) is 7.90. The van der Waals surface area contributed by atoms with E-state index in [1.165, 1.54) is 83.5 Å². The van der Waals surface area contributed by atoms with E-state index in [0.717, 1.165) is 18.6 Å². The minimum Gasteiger partial charge on any atom is -0.310 e. The van der Waals surface area contributed by atoms with E-state index >= 15 is 0 Å². The van der Waals surface area contributed by atoms with Crippen molar-refractivity contribution in [2.24, 2.45) is 0 Å². The minimum absolute atomic E-state index is 1.01. The van der Waals surface area contributed by atoms with Crippen molar-refractivity contribution in [2.45, 2.75) is 96.3 Å². The Hall–Kier alpha value is -0.330. The van der Waals surface area contributed by atoms with Crippen molar-refractivity contribution in [3.8, 4) is 0 Å². The van der Waals surface area contributed by atoms with Crippen LogP contribution in [0.15, 0.2) is 0 Å². The van der Waals surface area contributed by atoms with Gasteiger partial charge in [-0.15, -0.1) is 0 Å². The fourth-order valence-corrected chi connectivity index (χ4v) is 2.75. The maximum atomic E-state index is 7.90. The van der Waals surface area contributed by atoms with Crippen molar-refractivity contribution < 1.29 is 0 Å². The predicted molar refractivity (Wildman–Crippen MR) is 77.0 cm³/mol. The van der Waals surface area contributed by atoms with Crippen LogP contribution in [0.4, 0.5) is 0 Å². The Balaban J connectivity index is 2.11. The lowest BCUT2D eigenvalue weighted by atomic mass is 10.0. The molecular formula is C16H31N. The van der Waals surface area contributed by atoms with Crippen LogP contribution in [0.5, 0.6) is 0 Å². The zero-order chi connectivity index (χ0) is 12.2. The topological polar surface area (TPSA) is 23.9 Å². The zero-order valence-electron chi connectivity index (χ0n) is 11.6. The number of rotatable bonds is 0. The molecule has 1 saturated carbocycles. The molecule has 0 aliphatic heterocycles. The van der Waals surface area contributed by atoms with Gasteiger partial charge in [-0.3, -0.25) is 0 Å². The summed E-state index contributed by atoms with van der Waals surface area (Å²) in [5.41, 5.74) is 1.01. The SMILES string of the molecule is N=C1CCCCCCCCCCCCCCC1. The lowest BCUT2D eigenvalue weighted by Crippen LogP contribution is -1.97. The average Bonchev–Trinajstić information content (AvgIpc) is 2.32. The zero-order valence-corrected chi connectivity index (χ0v) is 11.6. The van der Waals surface area contributed by atoms with Gasteiger partial charge < -0.3 is 5.41 Å². The fourth-order valence-electron chi connectivity index (χ4n) is 2.75. The van der Waals surface area contributed by atoms with Gasteiger partial charge in [-0.2, -0.15) is 0 Å². The normalized spacial score (nSPS) is 23.4. The first-order valence-electron chi connectivity index (χ1n) is 7.96. The van der Waals surface area contributed by atoms with E-state index in [1.807, 2.05) is 0 Å². The summed E-state index contributed by atoms with van der Waals surface area (Å²) in [5.74, 6) is 0. The van der Waals surface area contributed by atoms with Crippen LogP contribution in [0.2, 0.25) is 0 Å². The molecule has 1 aliphatic rings. The van der Waals surface area contributed by atoms with E-state index < -0.39 is 0 Å². The average molecular weight is 237 g/mol. The van der Waals surface area contributed by atoms with Crippen LogP contribution < -0.4 is 0 Å². The summed E-state index contributed by atoms with van der Waals surface area (Å²) >= 11 is 0. The molecular weight excluding hydrogens is 206 g/mol. The molecule has 0 aromatic heterocycles. The molecule has 0 atom stereocenters. The molecule has 0 amide bonds. The minimum atomic E-state index is 1.01. The van der Waals surface area contributed by atoms with Crippen LogP contribution in [0.3, 0.4) is 0 Å². The van der Waals surface area contributed by atoms with Crippen LogP contribution in [0, 0.1) is 5.41 Å². The van der Waals surface area contributed by atoms with Crippen LogP contribution in [-0.4, -0.2) is 5.71 Å². The first-order chi connectivity index (χ1) is 8.39. The Bertz CT molecular complexity index is 168. The van der Waals surface area contributed by atoms with E-state index in [1.54, 1.807) is 0 Å². The third-order valence-electron chi connectivity index (χ3n) is 3.96. The van der Waals surface area contributed by atoms with Gasteiger partial charge in [0, 0.05) is 5.71 Å². The monoisotopic (exact) mass is 237 g/mol. The second-order valence-corrected chi connectivity index (χ2v) is 5.70. The summed E-state index contributed by atoms with van der Waals surface area (Å²) < 4.78 is 0. The summed E-state index contributed by atoms with van der Waals surface area (Å²) in [6, 6.07) is 0. The molecule has 100 valence electrons. The summed E-state index contributed by atoms with van der Waals surface area (Å²) in [4.78, 5) is 0. The van der Waals surface area contributed by atoms with Gasteiger partial charge in [-0.1, -0.05) is 70.6 Å². The van der Waals surface area contributed by atoms with Gasteiger partial charge in [0.1, 0.15) is 0 Å². The lowest BCUT2D eigenvalue weighted by Gasteiger charge is -2.06. The van der Waals surface area contributed by atoms with Crippen LogP contribution in [0.25, 0.3) is 0 Å². The van der Waals surface area contributed by atoms with Crippen molar-refractivity contribution in [1.29, 1.82) is 5.41 Å². The standard InChI is InChI=1S/C16H31N/c17-16-14-12-10-8-6-4-2-1-3-5-7-9-11-13-15-16/h17H,1-15H2. The van der Waals surface area contributed by atoms with E-state index in [-0.39, 0.29) is 0 Å². The molecule has 1 heteroatoms. The largest absolute Gasteiger partial charge is 0.310 e. The highest BCUT2D eigenvalue weighted by molar-refractivity contribution is 5.81. The molecule has 1 rings (SSSR count). The van der Waals surface area contributed by atoms with Crippen molar-refractivity contribution in [3.63, 3.8) is 0 Å². The van der Waals surface area contributed by atoms with Crippen LogP contribution in [0.1, 0.15) is 96.3 Å². The highest BCUT2D eigenvalue weighted by atomic mass is 14.4. The van der Waals surface area contributed by atoms with Crippen LogP contribution >= 0.6 is 0 Å². The van der Waals surface area contributed by atoms with E-state index in [9.17, 15) is 0 Å². The molecule has 0 unspecified atom stereocenters. The van der Waals surface area contributed by atoms with Crippen LogP contribution in [-0.2, 0) is 0 Å². The fraction of sp³-hybridized carbons (Fsp3) is 0.938. The maximum Gasteiger partial charge on any atom is 0.00891 e. The first kappa shape index (κ1) is 14.7. The molecule has 1 aliphatic carbocycles. The van der Waals surface area contributed by atoms with Gasteiger partial charge in [0.2, 0.25) is 0 Å². The third kappa shape index (κ3) is 9.38. The van der Waals surface area contributed by atoms with Gasteiger partial charge in [-0.05, 0) is 25.7 Å². The lowest BCUT2D eigenvalue weighted by molar-refractivity contribution is 0.535. The number of hydrogen-bond donors (Lipinski definition) is 1. The second kappa shape index (κ2) is 10.8. The molecule has 0 heterocycles. The second-order valence-electron chi connectivity index (χ2n) is 5.70. The Morgan fingerprint density at radius 1 is 0.412 bits per heavy atom. The molecule has 0 radical (unpaired) electrons. The Labute approximate surface area is 108 Å². The smallest absolute Gasteiger partial charge is 0.00891 e. The third-order valence-corrected chi connectivity index (χ3v) is 3.96. The van der Waals surface area contributed by atoms with Gasteiger partial charge in [-0.25, -0.2) is 0 Å². The Morgan fingerprint density at radius 2 is 0.647 bits per heavy atom. The summed E-state index contributed by atoms with van der Waals surface area (Å²) in [6.07, 6.45) is 20.3. The van der Waals surface area contributed by atoms with Crippen molar-refractivity contribution in [3.05, 3.63) is 0 Å². The molecule has 17 heavy (non-hydrogen) atoms. The molecule has 1 fully saturated rings. The highest BCUT2D eigenvalue weighted by Crippen LogP contribution is 2.15. The van der Waals surface area contributed by atoms with Gasteiger partial charge in [0.15, 0.2) is 0 Å². The van der Waals surface area contributed by atoms with E-state index in [2.05, 4.69) is 0 Å². The Morgan fingerprint density at radius 3 is 0.941 bits per heavy atom. The highest BCUT2D eigenvalue weighted by Gasteiger charge is 1.99. The number of nitrogens with one attached hydrogen (secondary N) is 1. The summed E-state index contributed by atoms with van der Waals surface area (Å²) in [6.45, 7) is 0. The summed E-state index contributed by atoms with van der Waals surface area (Å²) in [7, 11) is 0. The molecule has 0 bridgehead atoms. The van der Waals surface area contributed by atoms with Crippen molar-refractivity contribution >= 4 is 5.71 Å². The first-order valence-corrected chi connectivity index (χ1v) is 7.96. The van der Waals surface area contributed by atoms with Crippen molar-refractivity contribution in [2.75, 3.05) is 0 Å². The Kier molecular flexibility index (Phi) is 9.36. The molecule has 0 spiro atoms. The van der Waals surface area contributed by atoms with Crippen molar-refractivity contribution in [1.82, 2.24) is 0 Å². The quantitative estimate of drug-likeness (QED) is 0.544. The van der Waals surface area contributed by atoms with Gasteiger partial charge >= 0.3 is 0 Å². The van der Waals surface area contributed by atoms with Gasteiger partial charge in [0.05, 0.1) is 0 Å². The predicted octanol–water partition coefficient (Wildman–Crippen LogP) is 5.87. The maximum absolute atomic E-state index is 7.90. The molecule has 0 aromatic carbocycles. The van der Waals surface area contributed by atoms with Gasteiger partial charge in [0.25, 0.3) is 0 Å². The number of hydrogen-bond acceptors (Lipinski definition) is 1. The molecule has 1 nitrogen and oxygen atoms in total. The van der Waals surface area contributed by atoms with E-state index in [4.69, 9.17) is 5.41 Å².